The molecular weight excluding hydrogens is 304 g/mol. The normalized spacial score (nSPS) is 18.5. The Bertz CT molecular complexity index is 575. The molecule has 0 radical (unpaired) electrons. The van der Waals surface area contributed by atoms with Crippen LogP contribution in [0.25, 0.3) is 0 Å². The summed E-state index contributed by atoms with van der Waals surface area (Å²) in [6.07, 6.45) is 2.55. The van der Waals surface area contributed by atoms with Crippen LogP contribution in [0.5, 0.6) is 0 Å². The van der Waals surface area contributed by atoms with E-state index < -0.39 is 0 Å². The molecule has 0 spiro atoms. The molecular formula is C18H26N4O2. The number of nitrogens with zero attached hydrogens (tertiary/aromatic N) is 2. The molecule has 1 saturated heterocycles. The van der Waals surface area contributed by atoms with E-state index in [1.54, 1.807) is 24.3 Å². The quantitative estimate of drug-likeness (QED) is 0.817. The number of rotatable bonds is 6. The zero-order chi connectivity index (χ0) is 16.9. The van der Waals surface area contributed by atoms with Gasteiger partial charge in [-0.15, -0.1) is 0 Å². The zero-order valence-corrected chi connectivity index (χ0v) is 14.3. The minimum absolute atomic E-state index is 0.0474. The van der Waals surface area contributed by atoms with Crippen molar-refractivity contribution in [3.05, 3.63) is 29.8 Å². The van der Waals surface area contributed by atoms with Crippen LogP contribution in [0.2, 0.25) is 0 Å². The summed E-state index contributed by atoms with van der Waals surface area (Å²) in [5.41, 5.74) is 1.40. The third kappa shape index (κ3) is 4.79. The van der Waals surface area contributed by atoms with E-state index in [0.717, 1.165) is 44.3 Å². The number of hydrogen-bond acceptors (Lipinski definition) is 4. The van der Waals surface area contributed by atoms with Gasteiger partial charge in [-0.3, -0.25) is 9.59 Å². The Balaban J connectivity index is 1.47. The Hall–Kier alpha value is -1.92. The van der Waals surface area contributed by atoms with Gasteiger partial charge in [-0.2, -0.15) is 0 Å². The van der Waals surface area contributed by atoms with E-state index in [1.807, 2.05) is 4.90 Å². The zero-order valence-electron chi connectivity index (χ0n) is 14.3. The molecule has 1 aliphatic carbocycles. The maximum Gasteiger partial charge on any atom is 0.253 e. The van der Waals surface area contributed by atoms with Gasteiger partial charge in [-0.25, -0.2) is 0 Å². The summed E-state index contributed by atoms with van der Waals surface area (Å²) < 4.78 is 0. The predicted molar refractivity (Wildman–Crippen MR) is 94.1 cm³/mol. The van der Waals surface area contributed by atoms with Crippen LogP contribution in [0, 0.1) is 5.92 Å². The van der Waals surface area contributed by atoms with Crippen LogP contribution in [-0.2, 0) is 4.79 Å². The summed E-state index contributed by atoms with van der Waals surface area (Å²) in [4.78, 5) is 28.4. The van der Waals surface area contributed by atoms with Gasteiger partial charge in [-0.05, 0) is 56.6 Å². The molecule has 6 nitrogen and oxygen atoms in total. The van der Waals surface area contributed by atoms with E-state index >= 15 is 0 Å². The average molecular weight is 330 g/mol. The number of benzene rings is 1. The van der Waals surface area contributed by atoms with Crippen LogP contribution < -0.4 is 10.6 Å². The van der Waals surface area contributed by atoms with E-state index in [1.165, 1.54) is 12.8 Å². The molecule has 0 unspecified atom stereocenters. The smallest absolute Gasteiger partial charge is 0.253 e. The van der Waals surface area contributed by atoms with Gasteiger partial charge in [-0.1, -0.05) is 0 Å². The number of hydrogen-bond donors (Lipinski definition) is 2. The summed E-state index contributed by atoms with van der Waals surface area (Å²) >= 11 is 0. The highest BCUT2D eigenvalue weighted by molar-refractivity contribution is 5.96. The summed E-state index contributed by atoms with van der Waals surface area (Å²) in [6, 6.07) is 7.16. The number of carbonyl (C=O) groups is 2. The molecule has 0 atom stereocenters. The standard InChI is InChI=1S/C18H26N4O2/c1-21-8-10-22(11-9-21)18(24)15-4-6-16(7-5-15)20-17(23)13-19-12-14-2-3-14/h4-7,14,19H,2-3,8-13H2,1H3,(H,20,23). The number of anilines is 1. The average Bonchev–Trinajstić information content (AvgIpc) is 3.40. The van der Waals surface area contributed by atoms with Gasteiger partial charge in [0.15, 0.2) is 0 Å². The first kappa shape index (κ1) is 16.9. The van der Waals surface area contributed by atoms with Crippen LogP contribution in [0.1, 0.15) is 23.2 Å². The lowest BCUT2D eigenvalue weighted by atomic mass is 10.1. The minimum Gasteiger partial charge on any atom is -0.336 e. The van der Waals surface area contributed by atoms with Gasteiger partial charge in [0.1, 0.15) is 0 Å². The number of piperazine rings is 1. The summed E-state index contributed by atoms with van der Waals surface area (Å²) in [5.74, 6) is 0.776. The first-order valence-electron chi connectivity index (χ1n) is 8.70. The molecule has 6 heteroatoms. The van der Waals surface area contributed by atoms with Gasteiger partial charge >= 0.3 is 0 Å². The second-order valence-electron chi connectivity index (χ2n) is 6.80. The van der Waals surface area contributed by atoms with E-state index in [-0.39, 0.29) is 11.8 Å². The van der Waals surface area contributed by atoms with Crippen LogP contribution in [-0.4, -0.2) is 67.9 Å². The molecule has 0 aromatic heterocycles. The van der Waals surface area contributed by atoms with Crippen LogP contribution in [0.4, 0.5) is 5.69 Å². The molecule has 2 amide bonds. The molecule has 24 heavy (non-hydrogen) atoms. The Morgan fingerprint density at radius 2 is 1.75 bits per heavy atom. The molecule has 1 aromatic rings. The van der Waals surface area contributed by atoms with Gasteiger partial charge in [0, 0.05) is 37.4 Å². The lowest BCUT2D eigenvalue weighted by molar-refractivity contribution is -0.115. The maximum absolute atomic E-state index is 12.5. The van der Waals surface area contributed by atoms with Gasteiger partial charge in [0.05, 0.1) is 6.54 Å². The van der Waals surface area contributed by atoms with Crippen molar-refractivity contribution in [1.29, 1.82) is 0 Å². The number of likely N-dealkylation sites (N-methyl/N-ethyl adjacent to an activating group) is 1. The SMILES string of the molecule is CN1CCN(C(=O)c2ccc(NC(=O)CNCC3CC3)cc2)CC1. The van der Waals surface area contributed by atoms with Crippen LogP contribution in [0.15, 0.2) is 24.3 Å². The Kier molecular flexibility index (Phi) is 5.48. The molecule has 3 rings (SSSR count). The van der Waals surface area contributed by atoms with E-state index in [4.69, 9.17) is 0 Å². The highest BCUT2D eigenvalue weighted by Gasteiger charge is 2.21. The fourth-order valence-electron chi connectivity index (χ4n) is 2.81. The molecule has 2 fully saturated rings. The lowest BCUT2D eigenvalue weighted by Crippen LogP contribution is -2.47. The molecule has 2 aliphatic rings. The topological polar surface area (TPSA) is 64.7 Å². The third-order valence-electron chi connectivity index (χ3n) is 4.62. The fourth-order valence-corrected chi connectivity index (χ4v) is 2.81. The maximum atomic E-state index is 12.5. The van der Waals surface area contributed by atoms with Gasteiger partial charge in [0.2, 0.25) is 5.91 Å². The molecule has 1 aromatic carbocycles. The van der Waals surface area contributed by atoms with E-state index in [2.05, 4.69) is 22.6 Å². The van der Waals surface area contributed by atoms with Crippen LogP contribution >= 0.6 is 0 Å². The van der Waals surface area contributed by atoms with Crippen molar-refractivity contribution in [2.45, 2.75) is 12.8 Å². The van der Waals surface area contributed by atoms with Crippen molar-refractivity contribution in [3.8, 4) is 0 Å². The van der Waals surface area contributed by atoms with E-state index in [9.17, 15) is 9.59 Å². The van der Waals surface area contributed by atoms with Crippen molar-refractivity contribution < 1.29 is 9.59 Å². The number of carbonyl (C=O) groups excluding carboxylic acids is 2. The molecule has 130 valence electrons. The largest absolute Gasteiger partial charge is 0.336 e. The summed E-state index contributed by atoms with van der Waals surface area (Å²) in [7, 11) is 2.07. The summed E-state index contributed by atoms with van der Waals surface area (Å²) in [6.45, 7) is 4.60. The van der Waals surface area contributed by atoms with Crippen molar-refractivity contribution in [2.24, 2.45) is 5.92 Å². The first-order chi connectivity index (χ1) is 11.6. The molecule has 1 aliphatic heterocycles. The third-order valence-corrected chi connectivity index (χ3v) is 4.62. The minimum atomic E-state index is -0.0474. The van der Waals surface area contributed by atoms with Crippen molar-refractivity contribution in [2.75, 3.05) is 51.6 Å². The molecule has 0 bridgehead atoms. The van der Waals surface area contributed by atoms with Crippen molar-refractivity contribution in [1.82, 2.24) is 15.1 Å². The Morgan fingerprint density at radius 1 is 1.08 bits per heavy atom. The molecule has 1 saturated carbocycles. The monoisotopic (exact) mass is 330 g/mol. The van der Waals surface area contributed by atoms with Crippen molar-refractivity contribution >= 4 is 17.5 Å². The Morgan fingerprint density at radius 3 is 2.38 bits per heavy atom. The number of nitrogens with one attached hydrogen (secondary N) is 2. The Labute approximate surface area is 143 Å². The molecule has 1 heterocycles. The second kappa shape index (κ2) is 7.77. The highest BCUT2D eigenvalue weighted by Crippen LogP contribution is 2.27. The van der Waals surface area contributed by atoms with E-state index in [0.29, 0.717) is 12.1 Å². The second-order valence-corrected chi connectivity index (χ2v) is 6.80. The molecule has 2 N–H and O–H groups in total. The van der Waals surface area contributed by atoms with Crippen LogP contribution in [0.3, 0.4) is 0 Å². The van der Waals surface area contributed by atoms with Gasteiger partial charge in [0.25, 0.3) is 5.91 Å². The first-order valence-corrected chi connectivity index (χ1v) is 8.70. The fraction of sp³-hybridized carbons (Fsp3) is 0.556. The summed E-state index contributed by atoms with van der Waals surface area (Å²) in [5, 5.41) is 6.02. The van der Waals surface area contributed by atoms with Gasteiger partial charge < -0.3 is 20.4 Å². The predicted octanol–water partition coefficient (Wildman–Crippen LogP) is 1.01. The number of amides is 2. The highest BCUT2D eigenvalue weighted by atomic mass is 16.2. The lowest BCUT2D eigenvalue weighted by Gasteiger charge is -2.32. The van der Waals surface area contributed by atoms with Crippen molar-refractivity contribution in [3.63, 3.8) is 0 Å².